The number of hydrazine groups is 1. The standard InChI is InChI=1S/C19H19N5O5S/c25-18(22-23-19(26)17-15-6-1-2-7-16(15)20-21-17)13-4-3-5-14(12-13)30(27,28)24-8-10-29-11-9-24/h1-7,12H,8-11H2,(H,20,21)(H,22,25)(H,23,26). The molecule has 0 radical (unpaired) electrons. The number of benzene rings is 2. The van der Waals surface area contributed by atoms with Gasteiger partial charge in [0, 0.05) is 24.0 Å². The number of para-hydroxylation sites is 1. The van der Waals surface area contributed by atoms with Crippen molar-refractivity contribution in [1.29, 1.82) is 0 Å². The van der Waals surface area contributed by atoms with Crippen LogP contribution in [0.5, 0.6) is 0 Å². The van der Waals surface area contributed by atoms with E-state index in [1.807, 2.05) is 6.07 Å². The maximum absolute atomic E-state index is 12.8. The third-order valence-corrected chi connectivity index (χ3v) is 6.57. The van der Waals surface area contributed by atoms with E-state index >= 15 is 0 Å². The number of aromatic nitrogens is 2. The summed E-state index contributed by atoms with van der Waals surface area (Å²) in [5.74, 6) is -1.25. The van der Waals surface area contributed by atoms with Gasteiger partial charge in [-0.05, 0) is 24.3 Å². The lowest BCUT2D eigenvalue weighted by molar-refractivity contribution is 0.0730. The van der Waals surface area contributed by atoms with Gasteiger partial charge in [0.15, 0.2) is 5.69 Å². The zero-order chi connectivity index (χ0) is 21.1. The Labute approximate surface area is 172 Å². The van der Waals surface area contributed by atoms with Gasteiger partial charge in [0.05, 0.1) is 23.6 Å². The van der Waals surface area contributed by atoms with Gasteiger partial charge in [-0.1, -0.05) is 24.3 Å². The number of amides is 2. The van der Waals surface area contributed by atoms with E-state index in [4.69, 9.17) is 4.74 Å². The Morgan fingerprint density at radius 1 is 1.00 bits per heavy atom. The molecule has 1 saturated heterocycles. The molecule has 2 heterocycles. The van der Waals surface area contributed by atoms with Crippen molar-refractivity contribution in [3.8, 4) is 0 Å². The lowest BCUT2D eigenvalue weighted by atomic mass is 10.2. The van der Waals surface area contributed by atoms with Crippen LogP contribution in [-0.2, 0) is 14.8 Å². The SMILES string of the molecule is O=C(NNC(=O)c1n[nH]c2ccccc12)c1cccc(S(=O)(=O)N2CCOCC2)c1. The predicted octanol–water partition coefficient (Wildman–Crippen LogP) is 0.659. The van der Waals surface area contributed by atoms with Crippen LogP contribution < -0.4 is 10.9 Å². The molecule has 2 amide bonds. The molecule has 3 aromatic rings. The van der Waals surface area contributed by atoms with Gasteiger partial charge in [0.25, 0.3) is 11.8 Å². The minimum atomic E-state index is -3.74. The van der Waals surface area contributed by atoms with Crippen LogP contribution in [0.25, 0.3) is 10.9 Å². The Hall–Kier alpha value is -3.28. The van der Waals surface area contributed by atoms with Crippen molar-refractivity contribution in [3.63, 3.8) is 0 Å². The highest BCUT2D eigenvalue weighted by Gasteiger charge is 2.27. The maximum Gasteiger partial charge on any atom is 0.290 e. The van der Waals surface area contributed by atoms with Gasteiger partial charge >= 0.3 is 0 Å². The number of hydrogen-bond donors (Lipinski definition) is 3. The molecule has 0 saturated carbocycles. The average molecular weight is 429 g/mol. The molecule has 156 valence electrons. The Kier molecular flexibility index (Phi) is 5.48. The Bertz CT molecular complexity index is 1200. The molecule has 0 unspecified atom stereocenters. The first-order valence-electron chi connectivity index (χ1n) is 9.18. The van der Waals surface area contributed by atoms with Gasteiger partial charge in [0.2, 0.25) is 10.0 Å². The number of sulfonamides is 1. The number of carbonyl (C=O) groups is 2. The summed E-state index contributed by atoms with van der Waals surface area (Å²) < 4.78 is 32.0. The van der Waals surface area contributed by atoms with Crippen LogP contribution in [0.15, 0.2) is 53.4 Å². The number of rotatable bonds is 4. The zero-order valence-corrected chi connectivity index (χ0v) is 16.6. The molecular formula is C19H19N5O5S. The summed E-state index contributed by atoms with van der Waals surface area (Å²) in [7, 11) is -3.74. The molecule has 11 heteroatoms. The second-order valence-electron chi connectivity index (χ2n) is 6.57. The van der Waals surface area contributed by atoms with E-state index in [-0.39, 0.29) is 29.2 Å². The van der Waals surface area contributed by atoms with Gasteiger partial charge in [-0.15, -0.1) is 0 Å². The largest absolute Gasteiger partial charge is 0.379 e. The van der Waals surface area contributed by atoms with Crippen LogP contribution in [0.2, 0.25) is 0 Å². The highest BCUT2D eigenvalue weighted by atomic mass is 32.2. The fraction of sp³-hybridized carbons (Fsp3) is 0.211. The molecule has 0 bridgehead atoms. The molecule has 3 N–H and O–H groups in total. The van der Waals surface area contributed by atoms with Gasteiger partial charge in [0.1, 0.15) is 0 Å². The molecule has 1 aromatic heterocycles. The van der Waals surface area contributed by atoms with E-state index in [1.165, 1.54) is 28.6 Å². The molecular weight excluding hydrogens is 410 g/mol. The van der Waals surface area contributed by atoms with Crippen molar-refractivity contribution in [2.45, 2.75) is 4.90 Å². The number of fused-ring (bicyclic) bond motifs is 1. The van der Waals surface area contributed by atoms with Crippen molar-refractivity contribution in [3.05, 3.63) is 59.8 Å². The highest BCUT2D eigenvalue weighted by Crippen LogP contribution is 2.18. The molecule has 0 spiro atoms. The van der Waals surface area contributed by atoms with Gasteiger partial charge in [-0.25, -0.2) is 8.42 Å². The molecule has 0 atom stereocenters. The van der Waals surface area contributed by atoms with Crippen molar-refractivity contribution in [2.75, 3.05) is 26.3 Å². The van der Waals surface area contributed by atoms with Crippen LogP contribution >= 0.6 is 0 Å². The van der Waals surface area contributed by atoms with Crippen LogP contribution in [0.4, 0.5) is 0 Å². The normalized spacial score (nSPS) is 15.1. The monoisotopic (exact) mass is 429 g/mol. The second-order valence-corrected chi connectivity index (χ2v) is 8.51. The van der Waals surface area contributed by atoms with E-state index in [0.717, 1.165) is 0 Å². The lowest BCUT2D eigenvalue weighted by Gasteiger charge is -2.26. The topological polar surface area (TPSA) is 133 Å². The number of hydrogen-bond acceptors (Lipinski definition) is 6. The first kappa shape index (κ1) is 20.0. The smallest absolute Gasteiger partial charge is 0.290 e. The number of morpholine rings is 1. The fourth-order valence-corrected chi connectivity index (χ4v) is 4.57. The Morgan fingerprint density at radius 3 is 2.53 bits per heavy atom. The molecule has 1 fully saturated rings. The molecule has 1 aliphatic rings. The molecule has 10 nitrogen and oxygen atoms in total. The third-order valence-electron chi connectivity index (χ3n) is 4.68. The molecule has 0 aliphatic carbocycles. The van der Waals surface area contributed by atoms with Gasteiger partial charge in [-0.3, -0.25) is 25.5 Å². The number of carbonyl (C=O) groups excluding carboxylic acids is 2. The molecule has 30 heavy (non-hydrogen) atoms. The van der Waals surface area contributed by atoms with Gasteiger partial charge < -0.3 is 4.74 Å². The summed E-state index contributed by atoms with van der Waals surface area (Å²) >= 11 is 0. The maximum atomic E-state index is 12.8. The summed E-state index contributed by atoms with van der Waals surface area (Å²) in [4.78, 5) is 24.8. The fourth-order valence-electron chi connectivity index (χ4n) is 3.12. The van der Waals surface area contributed by atoms with Crippen LogP contribution in [0.3, 0.4) is 0 Å². The summed E-state index contributed by atoms with van der Waals surface area (Å²) in [6.07, 6.45) is 0. The zero-order valence-electron chi connectivity index (χ0n) is 15.8. The quantitative estimate of drug-likeness (QED) is 0.522. The van der Waals surface area contributed by atoms with Crippen LogP contribution in [-0.4, -0.2) is 61.0 Å². The summed E-state index contributed by atoms with van der Waals surface area (Å²) in [5, 5.41) is 7.31. The van der Waals surface area contributed by atoms with E-state index in [2.05, 4.69) is 21.0 Å². The van der Waals surface area contributed by atoms with Gasteiger partial charge in [-0.2, -0.15) is 9.40 Å². The van der Waals surface area contributed by atoms with Crippen molar-refractivity contribution < 1.29 is 22.7 Å². The van der Waals surface area contributed by atoms with Crippen LogP contribution in [0, 0.1) is 0 Å². The summed E-state index contributed by atoms with van der Waals surface area (Å²) in [5.41, 5.74) is 5.51. The Balaban J connectivity index is 1.46. The minimum absolute atomic E-state index is 0.00155. The highest BCUT2D eigenvalue weighted by molar-refractivity contribution is 7.89. The van der Waals surface area contributed by atoms with Crippen molar-refractivity contribution in [2.24, 2.45) is 0 Å². The first-order chi connectivity index (χ1) is 14.5. The van der Waals surface area contributed by atoms with Crippen LogP contribution in [0.1, 0.15) is 20.8 Å². The Morgan fingerprint density at radius 2 is 1.73 bits per heavy atom. The number of aromatic amines is 1. The number of nitrogens with one attached hydrogen (secondary N) is 3. The third kappa shape index (κ3) is 3.90. The first-order valence-corrected chi connectivity index (χ1v) is 10.6. The van der Waals surface area contributed by atoms with E-state index < -0.39 is 21.8 Å². The summed E-state index contributed by atoms with van der Waals surface area (Å²) in [6.45, 7) is 1.17. The predicted molar refractivity (Wildman–Crippen MR) is 107 cm³/mol. The van der Waals surface area contributed by atoms with E-state index in [1.54, 1.807) is 18.2 Å². The van der Waals surface area contributed by atoms with Crippen molar-refractivity contribution in [1.82, 2.24) is 25.4 Å². The number of nitrogens with zero attached hydrogens (tertiary/aromatic N) is 2. The number of H-pyrrole nitrogens is 1. The second kappa shape index (κ2) is 8.22. The van der Waals surface area contributed by atoms with Crippen molar-refractivity contribution >= 4 is 32.7 Å². The average Bonchev–Trinajstić information content (AvgIpc) is 3.22. The number of ether oxygens (including phenoxy) is 1. The molecule has 4 rings (SSSR count). The summed E-state index contributed by atoms with van der Waals surface area (Å²) in [6, 6.07) is 12.7. The molecule has 2 aromatic carbocycles. The van der Waals surface area contributed by atoms with E-state index in [9.17, 15) is 18.0 Å². The molecule has 1 aliphatic heterocycles. The lowest BCUT2D eigenvalue weighted by Crippen LogP contribution is -2.42. The van der Waals surface area contributed by atoms with E-state index in [0.29, 0.717) is 24.1 Å². The minimum Gasteiger partial charge on any atom is -0.379 e.